The first-order valence-corrected chi connectivity index (χ1v) is 8.09. The summed E-state index contributed by atoms with van der Waals surface area (Å²) in [5, 5.41) is 2.28. The van der Waals surface area contributed by atoms with Gasteiger partial charge in [-0.15, -0.1) is 4.91 Å². The molecule has 0 amide bonds. The van der Waals surface area contributed by atoms with Crippen molar-refractivity contribution < 1.29 is 18.8 Å². The molecule has 0 bridgehead atoms. The molecule has 5 nitrogen and oxygen atoms in total. The van der Waals surface area contributed by atoms with Crippen molar-refractivity contribution in [1.29, 1.82) is 0 Å². The molecule has 0 radical (unpaired) electrons. The van der Waals surface area contributed by atoms with Crippen molar-refractivity contribution in [3.8, 4) is 11.1 Å². The molecule has 0 fully saturated rings. The van der Waals surface area contributed by atoms with E-state index >= 15 is 0 Å². The van der Waals surface area contributed by atoms with E-state index in [1.807, 2.05) is 30.3 Å². The summed E-state index contributed by atoms with van der Waals surface area (Å²) >= 11 is 0. The van der Waals surface area contributed by atoms with Crippen molar-refractivity contribution in [2.45, 2.75) is 25.7 Å². The van der Waals surface area contributed by atoms with E-state index in [2.05, 4.69) is 10.2 Å². The molecule has 6 heteroatoms. The molecular weight excluding hydrogens is 325 g/mol. The van der Waals surface area contributed by atoms with E-state index in [1.54, 1.807) is 19.1 Å². The second-order valence-corrected chi connectivity index (χ2v) is 5.61. The van der Waals surface area contributed by atoms with Gasteiger partial charge in [0, 0.05) is 5.56 Å². The van der Waals surface area contributed by atoms with Crippen LogP contribution in [0, 0.1) is 10.7 Å². The van der Waals surface area contributed by atoms with Gasteiger partial charge in [0.05, 0.1) is 12.5 Å². The summed E-state index contributed by atoms with van der Waals surface area (Å²) in [5.41, 5.74) is 1.85. The Bertz CT molecular complexity index is 706. The molecule has 0 heterocycles. The van der Waals surface area contributed by atoms with Gasteiger partial charge in [0.15, 0.2) is 5.34 Å². The molecule has 0 saturated carbocycles. The van der Waals surface area contributed by atoms with Gasteiger partial charge in [-0.2, -0.15) is 0 Å². The first-order chi connectivity index (χ1) is 12.1. The van der Waals surface area contributed by atoms with Crippen molar-refractivity contribution in [2.24, 2.45) is 5.34 Å². The van der Waals surface area contributed by atoms with Crippen LogP contribution in [0.4, 0.5) is 4.39 Å². The number of hydrogen-bond donors (Lipinski definition) is 0. The average molecular weight is 345 g/mol. The summed E-state index contributed by atoms with van der Waals surface area (Å²) in [4.78, 5) is 26.1. The Morgan fingerprint density at radius 2 is 1.84 bits per heavy atom. The van der Waals surface area contributed by atoms with Gasteiger partial charge in [0.25, 0.3) is 0 Å². The summed E-state index contributed by atoms with van der Waals surface area (Å²) in [6.07, 6.45) is 1.13. The van der Waals surface area contributed by atoms with Gasteiger partial charge >= 0.3 is 5.97 Å². The van der Waals surface area contributed by atoms with Crippen LogP contribution in [-0.4, -0.2) is 19.2 Å². The van der Waals surface area contributed by atoms with E-state index in [-0.39, 0.29) is 19.0 Å². The van der Waals surface area contributed by atoms with Crippen LogP contribution in [0.5, 0.6) is 0 Å². The van der Waals surface area contributed by atoms with E-state index in [1.165, 1.54) is 6.07 Å². The van der Waals surface area contributed by atoms with Crippen LogP contribution in [0.15, 0.2) is 53.9 Å². The third kappa shape index (κ3) is 5.38. The first-order valence-electron chi connectivity index (χ1n) is 8.09. The Hall–Kier alpha value is -2.76. The summed E-state index contributed by atoms with van der Waals surface area (Å²) < 4.78 is 19.6. The van der Waals surface area contributed by atoms with E-state index in [0.29, 0.717) is 24.0 Å². The largest absolute Gasteiger partial charge is 0.465 e. The van der Waals surface area contributed by atoms with E-state index in [9.17, 15) is 14.1 Å². The zero-order valence-corrected chi connectivity index (χ0v) is 14.0. The van der Waals surface area contributed by atoms with E-state index in [0.717, 1.165) is 5.56 Å². The highest BCUT2D eigenvalue weighted by Gasteiger charge is 2.18. The number of benzene rings is 2. The van der Waals surface area contributed by atoms with Gasteiger partial charge in [-0.25, -0.2) is 4.39 Å². The fourth-order valence-corrected chi connectivity index (χ4v) is 2.39. The number of halogens is 1. The molecular formula is C19H20FNO4. The lowest BCUT2D eigenvalue weighted by molar-refractivity contribution is -0.145. The second-order valence-electron chi connectivity index (χ2n) is 5.61. The number of carbonyl (C=O) groups is 1. The minimum Gasteiger partial charge on any atom is -0.465 e. The van der Waals surface area contributed by atoms with Crippen molar-refractivity contribution >= 4 is 5.97 Å². The molecule has 0 N–H and O–H groups in total. The number of rotatable bonds is 9. The lowest BCUT2D eigenvalue weighted by Gasteiger charge is -2.13. The molecule has 0 spiro atoms. The lowest BCUT2D eigenvalue weighted by Crippen LogP contribution is -2.14. The zero-order chi connectivity index (χ0) is 18.1. The molecule has 0 aromatic heterocycles. The summed E-state index contributed by atoms with van der Waals surface area (Å²) in [7, 11) is 0. The summed E-state index contributed by atoms with van der Waals surface area (Å²) in [5.74, 6) is -1.35. The summed E-state index contributed by atoms with van der Waals surface area (Å²) in [6, 6.07) is 14.0. The maximum atomic E-state index is 14.4. The zero-order valence-electron chi connectivity index (χ0n) is 14.0. The molecule has 0 aliphatic carbocycles. The number of nitrogens with zero attached hydrogens (tertiary/aromatic N) is 1. The fourth-order valence-electron chi connectivity index (χ4n) is 2.39. The molecule has 0 saturated heterocycles. The number of carbonyl (C=O) groups excluding carboxylic acids is 1. The van der Waals surface area contributed by atoms with Gasteiger partial charge in [-0.1, -0.05) is 42.5 Å². The Morgan fingerprint density at radius 3 is 2.52 bits per heavy atom. The highest BCUT2D eigenvalue weighted by atomic mass is 19.1. The predicted octanol–water partition coefficient (Wildman–Crippen LogP) is 4.62. The maximum Gasteiger partial charge on any atom is 0.313 e. The lowest BCUT2D eigenvalue weighted by atomic mass is 9.97. The fraction of sp³-hybridized carbons (Fsp3) is 0.316. The molecule has 0 aliphatic heterocycles. The Labute approximate surface area is 145 Å². The van der Waals surface area contributed by atoms with Gasteiger partial charge in [0.2, 0.25) is 0 Å². The smallest absolute Gasteiger partial charge is 0.313 e. The topological polar surface area (TPSA) is 65.0 Å². The van der Waals surface area contributed by atoms with Gasteiger partial charge in [-0.3, -0.25) is 4.79 Å². The normalized spacial score (nSPS) is 11.6. The minimum absolute atomic E-state index is 0.197. The molecule has 2 aromatic carbocycles. The van der Waals surface area contributed by atoms with Gasteiger partial charge < -0.3 is 9.57 Å². The monoisotopic (exact) mass is 345 g/mol. The average Bonchev–Trinajstić information content (AvgIpc) is 2.64. The number of ether oxygens (including phenoxy) is 1. The minimum atomic E-state index is -0.563. The third-order valence-corrected chi connectivity index (χ3v) is 3.86. The van der Waals surface area contributed by atoms with Crippen LogP contribution in [0.1, 0.15) is 31.2 Å². The molecule has 1 atom stereocenters. The first kappa shape index (κ1) is 18.6. The SMILES string of the molecule is CC(C(=O)OCCCCON=O)c1ccc(-c2ccccc2)c(F)c1. The number of hydrogen-bond acceptors (Lipinski definition) is 5. The molecule has 0 aliphatic rings. The Kier molecular flexibility index (Phi) is 7.07. The summed E-state index contributed by atoms with van der Waals surface area (Å²) in [6.45, 7) is 2.09. The predicted molar refractivity (Wildman–Crippen MR) is 92.2 cm³/mol. The van der Waals surface area contributed by atoms with Crippen LogP contribution >= 0.6 is 0 Å². The van der Waals surface area contributed by atoms with Crippen LogP contribution < -0.4 is 0 Å². The second kappa shape index (κ2) is 9.52. The van der Waals surface area contributed by atoms with E-state index in [4.69, 9.17) is 4.74 Å². The van der Waals surface area contributed by atoms with E-state index < -0.39 is 11.9 Å². The third-order valence-electron chi connectivity index (χ3n) is 3.86. The van der Waals surface area contributed by atoms with Crippen LogP contribution in [0.3, 0.4) is 0 Å². The van der Waals surface area contributed by atoms with Crippen molar-refractivity contribution in [3.05, 3.63) is 64.8 Å². The Balaban J connectivity index is 1.93. The quantitative estimate of drug-likeness (QED) is 0.288. The van der Waals surface area contributed by atoms with Gasteiger partial charge in [0.1, 0.15) is 12.4 Å². The Morgan fingerprint density at radius 1 is 1.12 bits per heavy atom. The molecule has 2 aromatic rings. The highest BCUT2D eigenvalue weighted by Crippen LogP contribution is 2.26. The molecule has 132 valence electrons. The number of unbranched alkanes of at least 4 members (excludes halogenated alkanes) is 1. The van der Waals surface area contributed by atoms with Crippen LogP contribution in [-0.2, 0) is 14.4 Å². The molecule has 25 heavy (non-hydrogen) atoms. The van der Waals surface area contributed by atoms with Crippen LogP contribution in [0.25, 0.3) is 11.1 Å². The molecule has 1 unspecified atom stereocenters. The maximum absolute atomic E-state index is 14.4. The standard InChI is InChI=1S/C19H20FNO4/c1-14(19(22)24-11-5-6-12-25-21-23)16-9-10-17(18(20)13-16)15-7-3-2-4-8-15/h2-4,7-10,13-14H,5-6,11-12H2,1H3. The van der Waals surface area contributed by atoms with Crippen molar-refractivity contribution in [1.82, 2.24) is 0 Å². The van der Waals surface area contributed by atoms with Crippen molar-refractivity contribution in [3.63, 3.8) is 0 Å². The molecule has 2 rings (SSSR count). The highest BCUT2D eigenvalue weighted by molar-refractivity contribution is 5.78. The van der Waals surface area contributed by atoms with Crippen molar-refractivity contribution in [2.75, 3.05) is 13.2 Å². The van der Waals surface area contributed by atoms with Gasteiger partial charge in [-0.05, 0) is 37.0 Å². The number of esters is 1. The van der Waals surface area contributed by atoms with Crippen LogP contribution in [0.2, 0.25) is 0 Å².